The predicted molar refractivity (Wildman–Crippen MR) is 69.6 cm³/mol. The van der Waals surface area contributed by atoms with Crippen molar-refractivity contribution >= 4 is 11.8 Å². The van der Waals surface area contributed by atoms with Gasteiger partial charge in [0.25, 0.3) is 0 Å². The highest BCUT2D eigenvalue weighted by Crippen LogP contribution is 2.12. The highest BCUT2D eigenvalue weighted by atomic mass is 16.5. The first-order valence-electron chi connectivity index (χ1n) is 6.18. The quantitative estimate of drug-likeness (QED) is 0.828. The topological polar surface area (TPSA) is 54.5 Å². The number of nitrogens with one attached hydrogen (secondary N) is 1. The van der Waals surface area contributed by atoms with Gasteiger partial charge in [-0.15, -0.1) is 0 Å². The second kappa shape index (κ2) is 5.35. The van der Waals surface area contributed by atoms with Crippen LogP contribution < -0.4 is 5.32 Å². The van der Waals surface area contributed by atoms with Crippen LogP contribution in [0.4, 0.5) is 10.6 Å². The smallest absolute Gasteiger partial charge is 0.323 e. The lowest BCUT2D eigenvalue weighted by molar-refractivity contribution is -0.0530. The fraction of sp³-hybridized carbons (Fsp3) is 0.538. The molecule has 1 saturated heterocycles. The highest BCUT2D eigenvalue weighted by molar-refractivity contribution is 5.88. The number of carbonyl (C=O) groups is 1. The normalized spacial score (nSPS) is 23.8. The summed E-state index contributed by atoms with van der Waals surface area (Å²) in [5, 5.41) is 2.80. The molecule has 2 atom stereocenters. The van der Waals surface area contributed by atoms with Crippen LogP contribution in [-0.2, 0) is 4.74 Å². The predicted octanol–water partition coefficient (Wildman–Crippen LogP) is 2.03. The zero-order chi connectivity index (χ0) is 13.1. The molecule has 2 rings (SSSR count). The maximum absolute atomic E-state index is 12.1. The van der Waals surface area contributed by atoms with Gasteiger partial charge in [0.05, 0.1) is 12.2 Å². The standard InChI is InChI=1S/C13H19N3O2/c1-9-4-5-12(14-6-9)15-13(17)16-7-10(2)18-11(3)8-16/h4-6,10-11H,7-8H2,1-3H3,(H,14,15,17)/t10-,11-/m0/s1. The average molecular weight is 249 g/mol. The largest absolute Gasteiger partial charge is 0.372 e. The fourth-order valence-corrected chi connectivity index (χ4v) is 2.07. The van der Waals surface area contributed by atoms with E-state index in [4.69, 9.17) is 4.74 Å². The SMILES string of the molecule is Cc1ccc(NC(=O)N2C[C@H](C)O[C@@H](C)C2)nc1. The lowest BCUT2D eigenvalue weighted by atomic mass is 10.2. The molecule has 0 spiro atoms. The Kier molecular flexibility index (Phi) is 3.81. The van der Waals surface area contributed by atoms with Crippen LogP contribution in [0.2, 0.25) is 0 Å². The van der Waals surface area contributed by atoms with Gasteiger partial charge < -0.3 is 9.64 Å². The minimum absolute atomic E-state index is 0.0745. The van der Waals surface area contributed by atoms with Gasteiger partial charge in [0.15, 0.2) is 0 Å². The van der Waals surface area contributed by atoms with Gasteiger partial charge in [0.1, 0.15) is 5.82 Å². The van der Waals surface area contributed by atoms with Gasteiger partial charge in [-0.2, -0.15) is 0 Å². The summed E-state index contributed by atoms with van der Waals surface area (Å²) in [5.74, 6) is 0.581. The summed E-state index contributed by atoms with van der Waals surface area (Å²) in [6.07, 6.45) is 1.89. The molecule has 1 aliphatic rings. The van der Waals surface area contributed by atoms with E-state index in [2.05, 4.69) is 10.3 Å². The third-order valence-corrected chi connectivity index (χ3v) is 2.85. The van der Waals surface area contributed by atoms with Crippen molar-refractivity contribution in [3.8, 4) is 0 Å². The Bertz CT molecular complexity index is 409. The first-order valence-corrected chi connectivity index (χ1v) is 6.18. The molecule has 1 aromatic heterocycles. The van der Waals surface area contributed by atoms with E-state index < -0.39 is 0 Å². The summed E-state index contributed by atoms with van der Waals surface area (Å²) < 4.78 is 5.60. The lowest BCUT2D eigenvalue weighted by Crippen LogP contribution is -2.49. The van der Waals surface area contributed by atoms with Gasteiger partial charge >= 0.3 is 6.03 Å². The summed E-state index contributed by atoms with van der Waals surface area (Å²) in [7, 11) is 0. The molecule has 2 amide bonds. The molecule has 1 aliphatic heterocycles. The second-order valence-electron chi connectivity index (χ2n) is 4.81. The van der Waals surface area contributed by atoms with Gasteiger partial charge in [-0.1, -0.05) is 6.07 Å². The maximum Gasteiger partial charge on any atom is 0.323 e. The number of rotatable bonds is 1. The molecule has 1 aromatic rings. The van der Waals surface area contributed by atoms with Crippen LogP contribution in [0.1, 0.15) is 19.4 Å². The zero-order valence-electron chi connectivity index (χ0n) is 11.0. The molecular formula is C13H19N3O2. The van der Waals surface area contributed by atoms with E-state index in [0.29, 0.717) is 18.9 Å². The number of carbonyl (C=O) groups excluding carboxylic acids is 1. The van der Waals surface area contributed by atoms with E-state index >= 15 is 0 Å². The number of ether oxygens (including phenoxy) is 1. The monoisotopic (exact) mass is 249 g/mol. The number of pyridine rings is 1. The molecular weight excluding hydrogens is 230 g/mol. The van der Waals surface area contributed by atoms with Crippen LogP contribution in [0.3, 0.4) is 0 Å². The molecule has 0 aromatic carbocycles. The minimum atomic E-state index is -0.117. The van der Waals surface area contributed by atoms with Gasteiger partial charge in [0, 0.05) is 19.3 Å². The van der Waals surface area contributed by atoms with Crippen molar-refractivity contribution in [3.05, 3.63) is 23.9 Å². The van der Waals surface area contributed by atoms with E-state index in [9.17, 15) is 4.79 Å². The number of nitrogens with zero attached hydrogens (tertiary/aromatic N) is 2. The fourth-order valence-electron chi connectivity index (χ4n) is 2.07. The number of amides is 2. The number of anilines is 1. The molecule has 0 aliphatic carbocycles. The highest BCUT2D eigenvalue weighted by Gasteiger charge is 2.25. The number of hydrogen-bond donors (Lipinski definition) is 1. The molecule has 18 heavy (non-hydrogen) atoms. The van der Waals surface area contributed by atoms with Crippen LogP contribution in [0.5, 0.6) is 0 Å². The molecule has 0 unspecified atom stereocenters. The summed E-state index contributed by atoms with van der Waals surface area (Å²) in [5.41, 5.74) is 1.07. The van der Waals surface area contributed by atoms with Crippen molar-refractivity contribution in [2.45, 2.75) is 33.0 Å². The summed E-state index contributed by atoms with van der Waals surface area (Å²) >= 11 is 0. The maximum atomic E-state index is 12.1. The molecule has 0 saturated carbocycles. The molecule has 98 valence electrons. The van der Waals surface area contributed by atoms with Crippen molar-refractivity contribution in [3.63, 3.8) is 0 Å². The first-order chi connectivity index (χ1) is 8.54. The third kappa shape index (κ3) is 3.20. The molecule has 2 heterocycles. The number of morpholine rings is 1. The molecule has 1 fully saturated rings. The molecule has 1 N–H and O–H groups in total. The molecule has 0 bridgehead atoms. The van der Waals surface area contributed by atoms with Crippen LogP contribution >= 0.6 is 0 Å². The summed E-state index contributed by atoms with van der Waals surface area (Å²) in [6.45, 7) is 7.13. The number of aromatic nitrogens is 1. The van der Waals surface area contributed by atoms with E-state index in [-0.39, 0.29) is 18.2 Å². The van der Waals surface area contributed by atoms with Crippen LogP contribution in [0.15, 0.2) is 18.3 Å². The number of aryl methyl sites for hydroxylation is 1. The summed E-state index contributed by atoms with van der Waals surface area (Å²) in [6, 6.07) is 3.61. The van der Waals surface area contributed by atoms with Crippen molar-refractivity contribution in [1.29, 1.82) is 0 Å². The van der Waals surface area contributed by atoms with Crippen molar-refractivity contribution in [2.24, 2.45) is 0 Å². The Labute approximate surface area is 107 Å². The molecule has 0 radical (unpaired) electrons. The Morgan fingerprint density at radius 3 is 2.61 bits per heavy atom. The van der Waals surface area contributed by atoms with Gasteiger partial charge in [0.2, 0.25) is 0 Å². The Balaban J connectivity index is 1.97. The van der Waals surface area contributed by atoms with E-state index in [1.54, 1.807) is 17.2 Å². The van der Waals surface area contributed by atoms with E-state index in [1.165, 1.54) is 0 Å². The van der Waals surface area contributed by atoms with Crippen molar-refractivity contribution in [1.82, 2.24) is 9.88 Å². The van der Waals surface area contributed by atoms with Gasteiger partial charge in [-0.3, -0.25) is 5.32 Å². The lowest BCUT2D eigenvalue weighted by Gasteiger charge is -2.35. The van der Waals surface area contributed by atoms with Gasteiger partial charge in [-0.05, 0) is 32.4 Å². The third-order valence-electron chi connectivity index (χ3n) is 2.85. The van der Waals surface area contributed by atoms with Crippen LogP contribution in [-0.4, -0.2) is 41.2 Å². The van der Waals surface area contributed by atoms with E-state index in [0.717, 1.165) is 5.56 Å². The van der Waals surface area contributed by atoms with Crippen LogP contribution in [0, 0.1) is 6.92 Å². The Hall–Kier alpha value is -1.62. The summed E-state index contributed by atoms with van der Waals surface area (Å²) in [4.78, 5) is 18.0. The zero-order valence-corrected chi connectivity index (χ0v) is 11.0. The second-order valence-corrected chi connectivity index (χ2v) is 4.81. The van der Waals surface area contributed by atoms with Crippen molar-refractivity contribution < 1.29 is 9.53 Å². The molecule has 5 heteroatoms. The molecule has 5 nitrogen and oxygen atoms in total. The number of urea groups is 1. The van der Waals surface area contributed by atoms with Gasteiger partial charge in [-0.25, -0.2) is 9.78 Å². The number of hydrogen-bond acceptors (Lipinski definition) is 3. The van der Waals surface area contributed by atoms with Crippen molar-refractivity contribution in [2.75, 3.05) is 18.4 Å². The Morgan fingerprint density at radius 2 is 2.06 bits per heavy atom. The van der Waals surface area contributed by atoms with E-state index in [1.807, 2.05) is 26.8 Å². The Morgan fingerprint density at radius 1 is 1.39 bits per heavy atom. The first kappa shape index (κ1) is 12.8. The van der Waals surface area contributed by atoms with Crippen LogP contribution in [0.25, 0.3) is 0 Å². The average Bonchev–Trinajstić information content (AvgIpc) is 2.31. The minimum Gasteiger partial charge on any atom is -0.372 e.